The van der Waals surface area contributed by atoms with Crippen LogP contribution in [-0.2, 0) is 0 Å². The van der Waals surface area contributed by atoms with E-state index in [2.05, 4.69) is 20.5 Å². The van der Waals surface area contributed by atoms with Crippen LogP contribution >= 0.6 is 0 Å². The average molecular weight is 262 g/mol. The molecule has 0 unspecified atom stereocenters. The highest BCUT2D eigenvalue weighted by atomic mass is 16.2. The molecule has 1 saturated heterocycles. The molecule has 2 heterocycles. The zero-order valence-corrected chi connectivity index (χ0v) is 11.6. The summed E-state index contributed by atoms with van der Waals surface area (Å²) in [7, 11) is 0. The molecular weight excluding hydrogens is 240 g/mol. The number of aromatic nitrogens is 1. The van der Waals surface area contributed by atoms with E-state index in [-0.39, 0.29) is 12.1 Å². The van der Waals surface area contributed by atoms with Gasteiger partial charge < -0.3 is 15.5 Å². The fourth-order valence-corrected chi connectivity index (χ4v) is 2.20. The van der Waals surface area contributed by atoms with Crippen molar-refractivity contribution in [2.75, 3.05) is 23.3 Å². The predicted molar refractivity (Wildman–Crippen MR) is 77.6 cm³/mol. The Morgan fingerprint density at radius 1 is 1.26 bits per heavy atom. The number of hydrogen-bond acceptors (Lipinski definition) is 3. The molecule has 2 N–H and O–H groups in total. The van der Waals surface area contributed by atoms with Gasteiger partial charge in [0.05, 0.1) is 11.9 Å². The molecular formula is C14H22N4O. The fraction of sp³-hybridized carbons (Fsp3) is 0.571. The molecule has 0 bridgehead atoms. The maximum absolute atomic E-state index is 11.5. The summed E-state index contributed by atoms with van der Waals surface area (Å²) in [6.45, 7) is 6.01. The first kappa shape index (κ1) is 13.6. The number of urea groups is 1. The van der Waals surface area contributed by atoms with Crippen LogP contribution in [0.1, 0.15) is 33.1 Å². The van der Waals surface area contributed by atoms with E-state index >= 15 is 0 Å². The Hall–Kier alpha value is -1.78. The minimum atomic E-state index is -0.192. The van der Waals surface area contributed by atoms with Gasteiger partial charge in [-0.15, -0.1) is 0 Å². The summed E-state index contributed by atoms with van der Waals surface area (Å²) < 4.78 is 0. The highest BCUT2D eigenvalue weighted by Gasteiger charge is 2.12. The second-order valence-corrected chi connectivity index (χ2v) is 5.21. The summed E-state index contributed by atoms with van der Waals surface area (Å²) in [6, 6.07) is 3.80. The van der Waals surface area contributed by atoms with E-state index in [4.69, 9.17) is 0 Å². The molecule has 1 aliphatic rings. The van der Waals surface area contributed by atoms with E-state index in [0.29, 0.717) is 0 Å². The fourth-order valence-electron chi connectivity index (χ4n) is 2.20. The van der Waals surface area contributed by atoms with Gasteiger partial charge in [0.25, 0.3) is 0 Å². The van der Waals surface area contributed by atoms with Gasteiger partial charge in [0, 0.05) is 19.1 Å². The molecule has 1 fully saturated rings. The topological polar surface area (TPSA) is 57.3 Å². The van der Waals surface area contributed by atoms with Crippen LogP contribution in [0.15, 0.2) is 18.3 Å². The van der Waals surface area contributed by atoms with Crippen molar-refractivity contribution in [3.05, 3.63) is 18.3 Å². The third kappa shape index (κ3) is 4.12. The Morgan fingerprint density at radius 2 is 2.00 bits per heavy atom. The van der Waals surface area contributed by atoms with Crippen LogP contribution < -0.4 is 15.5 Å². The van der Waals surface area contributed by atoms with Crippen LogP contribution in [0.2, 0.25) is 0 Å². The smallest absolute Gasteiger partial charge is 0.319 e. The first-order chi connectivity index (χ1) is 9.15. The molecule has 5 nitrogen and oxygen atoms in total. The number of pyridine rings is 1. The van der Waals surface area contributed by atoms with Crippen LogP contribution in [0.25, 0.3) is 0 Å². The molecule has 0 saturated carbocycles. The maximum atomic E-state index is 11.5. The summed E-state index contributed by atoms with van der Waals surface area (Å²) in [6.07, 6.45) is 5.49. The second kappa shape index (κ2) is 6.41. The lowest BCUT2D eigenvalue weighted by Gasteiger charge is -2.27. The van der Waals surface area contributed by atoms with E-state index in [1.807, 2.05) is 26.0 Å². The van der Waals surface area contributed by atoms with E-state index in [1.54, 1.807) is 6.20 Å². The van der Waals surface area contributed by atoms with Gasteiger partial charge in [0.1, 0.15) is 5.82 Å². The number of carbonyl (C=O) groups excluding carboxylic acids is 1. The molecule has 0 spiro atoms. The summed E-state index contributed by atoms with van der Waals surface area (Å²) in [4.78, 5) is 18.3. The van der Waals surface area contributed by atoms with Gasteiger partial charge >= 0.3 is 6.03 Å². The Bertz CT molecular complexity index is 410. The van der Waals surface area contributed by atoms with Crippen molar-refractivity contribution in [2.24, 2.45) is 0 Å². The molecule has 0 radical (unpaired) electrons. The normalized spacial score (nSPS) is 15.4. The lowest BCUT2D eigenvalue weighted by molar-refractivity contribution is 0.250. The van der Waals surface area contributed by atoms with Crippen LogP contribution in [0.4, 0.5) is 16.3 Å². The molecule has 1 aromatic heterocycles. The number of amides is 2. The number of nitrogens with one attached hydrogen (secondary N) is 2. The van der Waals surface area contributed by atoms with Crippen LogP contribution in [0.3, 0.4) is 0 Å². The van der Waals surface area contributed by atoms with Gasteiger partial charge in [0.2, 0.25) is 0 Å². The lowest BCUT2D eigenvalue weighted by Crippen LogP contribution is -2.34. The minimum absolute atomic E-state index is 0.126. The summed E-state index contributed by atoms with van der Waals surface area (Å²) in [5.74, 6) is 0.995. The van der Waals surface area contributed by atoms with E-state index in [0.717, 1.165) is 24.6 Å². The maximum Gasteiger partial charge on any atom is 0.319 e. The highest BCUT2D eigenvalue weighted by Crippen LogP contribution is 2.18. The first-order valence-electron chi connectivity index (χ1n) is 6.93. The van der Waals surface area contributed by atoms with E-state index in [9.17, 15) is 4.79 Å². The Labute approximate surface area is 114 Å². The van der Waals surface area contributed by atoms with E-state index < -0.39 is 0 Å². The van der Waals surface area contributed by atoms with Crippen LogP contribution in [-0.4, -0.2) is 30.1 Å². The monoisotopic (exact) mass is 262 g/mol. The van der Waals surface area contributed by atoms with Crippen molar-refractivity contribution in [1.29, 1.82) is 0 Å². The molecule has 5 heteroatoms. The third-order valence-electron chi connectivity index (χ3n) is 3.11. The van der Waals surface area contributed by atoms with Crippen LogP contribution in [0, 0.1) is 0 Å². The van der Waals surface area contributed by atoms with Crippen molar-refractivity contribution in [3.8, 4) is 0 Å². The molecule has 19 heavy (non-hydrogen) atoms. The van der Waals surface area contributed by atoms with Gasteiger partial charge in [0.15, 0.2) is 0 Å². The van der Waals surface area contributed by atoms with Crippen molar-refractivity contribution in [3.63, 3.8) is 0 Å². The molecule has 1 aliphatic heterocycles. The Morgan fingerprint density at radius 3 is 2.58 bits per heavy atom. The van der Waals surface area contributed by atoms with E-state index in [1.165, 1.54) is 19.3 Å². The van der Waals surface area contributed by atoms with Crippen molar-refractivity contribution < 1.29 is 4.79 Å². The molecule has 2 amide bonds. The van der Waals surface area contributed by atoms with Gasteiger partial charge in [-0.3, -0.25) is 0 Å². The van der Waals surface area contributed by atoms with Gasteiger partial charge in [-0.1, -0.05) is 0 Å². The second-order valence-electron chi connectivity index (χ2n) is 5.21. The zero-order valence-electron chi connectivity index (χ0n) is 11.6. The van der Waals surface area contributed by atoms with Crippen LogP contribution in [0.5, 0.6) is 0 Å². The summed E-state index contributed by atoms with van der Waals surface area (Å²) >= 11 is 0. The molecule has 1 aromatic rings. The minimum Gasteiger partial charge on any atom is -0.357 e. The average Bonchev–Trinajstić information content (AvgIpc) is 2.39. The molecule has 0 atom stereocenters. The number of hydrogen-bond donors (Lipinski definition) is 2. The Kier molecular flexibility index (Phi) is 4.60. The van der Waals surface area contributed by atoms with Gasteiger partial charge in [-0.05, 0) is 45.2 Å². The molecule has 104 valence electrons. The number of anilines is 2. The van der Waals surface area contributed by atoms with Gasteiger partial charge in [-0.2, -0.15) is 0 Å². The highest BCUT2D eigenvalue weighted by molar-refractivity contribution is 5.89. The largest absolute Gasteiger partial charge is 0.357 e. The van der Waals surface area contributed by atoms with Crippen molar-refractivity contribution in [1.82, 2.24) is 10.3 Å². The molecule has 0 aliphatic carbocycles. The number of carbonyl (C=O) groups is 1. The van der Waals surface area contributed by atoms with Crippen molar-refractivity contribution >= 4 is 17.5 Å². The SMILES string of the molecule is CC(C)NC(=O)Nc1ccc(N2CCCCC2)nc1. The number of nitrogens with zero attached hydrogens (tertiary/aromatic N) is 2. The van der Waals surface area contributed by atoms with Gasteiger partial charge in [-0.25, -0.2) is 9.78 Å². The Balaban J connectivity index is 1.92. The number of piperidine rings is 1. The standard InChI is InChI=1S/C14H22N4O/c1-11(2)16-14(19)17-12-6-7-13(15-10-12)18-8-4-3-5-9-18/h6-7,10-11H,3-5,8-9H2,1-2H3,(H2,16,17,19). The lowest BCUT2D eigenvalue weighted by atomic mass is 10.1. The quantitative estimate of drug-likeness (QED) is 0.880. The third-order valence-corrected chi connectivity index (χ3v) is 3.11. The molecule has 0 aromatic carbocycles. The summed E-state index contributed by atoms with van der Waals surface area (Å²) in [5, 5.41) is 5.55. The summed E-state index contributed by atoms with van der Waals surface area (Å²) in [5.41, 5.74) is 0.721. The molecule has 2 rings (SSSR count). The zero-order chi connectivity index (χ0) is 13.7. The first-order valence-corrected chi connectivity index (χ1v) is 6.93. The predicted octanol–water partition coefficient (Wildman–Crippen LogP) is 2.60. The van der Waals surface area contributed by atoms with Crippen molar-refractivity contribution in [2.45, 2.75) is 39.2 Å². The number of rotatable bonds is 3.